The van der Waals surface area contributed by atoms with Crippen molar-refractivity contribution < 1.29 is 0 Å². The summed E-state index contributed by atoms with van der Waals surface area (Å²) in [7, 11) is 1.84. The molecule has 0 unspecified atom stereocenters. The van der Waals surface area contributed by atoms with Crippen LogP contribution in [0.15, 0.2) is 34.5 Å². The Balaban J connectivity index is 3.16. The molecule has 1 rings (SSSR count). The predicted molar refractivity (Wildman–Crippen MR) is 56.8 cm³/mol. The Hall–Kier alpha value is -1.65. The van der Waals surface area contributed by atoms with Crippen LogP contribution in [0.25, 0.3) is 0 Å². The van der Waals surface area contributed by atoms with Crippen LogP contribution in [-0.4, -0.2) is 18.2 Å². The maximum atomic E-state index is 8.74. The largest absolute Gasteiger partial charge is 0.338 e. The quantitative estimate of drug-likeness (QED) is 0.611. The van der Waals surface area contributed by atoms with Gasteiger partial charge < -0.3 is 4.90 Å². The first kappa shape index (κ1) is 10.4. The fraction of sp³-hybridized carbons (Fsp3) is 0.200. The number of rotatable bonds is 1. The van der Waals surface area contributed by atoms with E-state index in [0.29, 0.717) is 5.70 Å². The maximum absolute atomic E-state index is 8.74. The van der Waals surface area contributed by atoms with E-state index in [1.807, 2.05) is 42.5 Å². The van der Waals surface area contributed by atoms with E-state index in [0.717, 1.165) is 5.03 Å². The van der Waals surface area contributed by atoms with Gasteiger partial charge in [-0.15, -0.1) is 11.8 Å². The van der Waals surface area contributed by atoms with Gasteiger partial charge in [0.25, 0.3) is 0 Å². The number of nitriles is 2. The highest BCUT2D eigenvalue weighted by atomic mass is 32.2. The van der Waals surface area contributed by atoms with Crippen LogP contribution in [0.1, 0.15) is 0 Å². The molecule has 4 heteroatoms. The molecule has 1 aliphatic rings. The van der Waals surface area contributed by atoms with E-state index in [1.54, 1.807) is 17.8 Å². The van der Waals surface area contributed by atoms with E-state index in [1.165, 1.54) is 0 Å². The lowest BCUT2D eigenvalue weighted by Gasteiger charge is -2.24. The minimum Gasteiger partial charge on any atom is -0.338 e. The Labute approximate surface area is 87.6 Å². The van der Waals surface area contributed by atoms with Crippen molar-refractivity contribution in [2.24, 2.45) is 0 Å². The van der Waals surface area contributed by atoms with Crippen molar-refractivity contribution in [2.45, 2.75) is 0 Å². The Morgan fingerprint density at radius 1 is 1.43 bits per heavy atom. The molecule has 0 aromatic rings. The summed E-state index contributed by atoms with van der Waals surface area (Å²) in [5, 5.41) is 18.5. The summed E-state index contributed by atoms with van der Waals surface area (Å²) < 4.78 is 0. The summed E-state index contributed by atoms with van der Waals surface area (Å²) in [6.45, 7) is 0. The molecule has 0 radical (unpaired) electrons. The van der Waals surface area contributed by atoms with Gasteiger partial charge in [0.2, 0.25) is 0 Å². The number of hydrogen-bond donors (Lipinski definition) is 0. The molecule has 0 aromatic heterocycles. The summed E-state index contributed by atoms with van der Waals surface area (Å²) in [6, 6.07) is 3.77. The average molecular weight is 203 g/mol. The summed E-state index contributed by atoms with van der Waals surface area (Å²) in [5.74, 6) is 0. The van der Waals surface area contributed by atoms with Crippen molar-refractivity contribution in [3.8, 4) is 12.1 Å². The van der Waals surface area contributed by atoms with Gasteiger partial charge in [0.1, 0.15) is 12.1 Å². The lowest BCUT2D eigenvalue weighted by Crippen LogP contribution is -2.17. The molecule has 0 aliphatic carbocycles. The Morgan fingerprint density at radius 2 is 2.07 bits per heavy atom. The normalized spacial score (nSPS) is 14.4. The first-order valence-corrected chi connectivity index (χ1v) is 5.17. The lowest BCUT2D eigenvalue weighted by molar-refractivity contribution is 0.567. The highest BCUT2D eigenvalue weighted by molar-refractivity contribution is 8.02. The van der Waals surface area contributed by atoms with Gasteiger partial charge in [0.05, 0.1) is 10.7 Å². The molecule has 0 spiro atoms. The molecule has 0 N–H and O–H groups in total. The standard InChI is InChI=1S/C10H9N3S/c1-13-9(8(6-11)7-12)4-3-5-10(13)14-2/h3-5H,1-2H3. The molecule has 1 aliphatic heterocycles. The van der Waals surface area contributed by atoms with E-state index in [2.05, 4.69) is 0 Å². The Morgan fingerprint density at radius 3 is 2.57 bits per heavy atom. The molecular weight excluding hydrogens is 194 g/mol. The molecule has 70 valence electrons. The third-order valence-electron chi connectivity index (χ3n) is 1.87. The van der Waals surface area contributed by atoms with Crippen molar-refractivity contribution in [2.75, 3.05) is 13.3 Å². The van der Waals surface area contributed by atoms with Crippen molar-refractivity contribution >= 4 is 11.8 Å². The van der Waals surface area contributed by atoms with Crippen molar-refractivity contribution in [1.29, 1.82) is 10.5 Å². The molecular formula is C10H9N3S. The van der Waals surface area contributed by atoms with Crippen LogP contribution in [0.4, 0.5) is 0 Å². The first-order valence-electron chi connectivity index (χ1n) is 3.95. The third kappa shape index (κ3) is 1.81. The van der Waals surface area contributed by atoms with Crippen molar-refractivity contribution in [3.05, 3.63) is 34.5 Å². The lowest BCUT2D eigenvalue weighted by atomic mass is 10.2. The number of thioether (sulfide) groups is 1. The predicted octanol–water partition coefficient (Wildman–Crippen LogP) is 1.99. The number of likely N-dealkylation sites (N-methyl/N-ethyl adjacent to an activating group) is 1. The van der Waals surface area contributed by atoms with Crippen LogP contribution in [0.3, 0.4) is 0 Å². The third-order valence-corrected chi connectivity index (χ3v) is 2.70. The average Bonchev–Trinajstić information content (AvgIpc) is 2.22. The first-order chi connectivity index (χ1) is 6.74. The minimum absolute atomic E-state index is 0.142. The topological polar surface area (TPSA) is 50.8 Å². The van der Waals surface area contributed by atoms with E-state index in [4.69, 9.17) is 10.5 Å². The second-order valence-corrected chi connectivity index (χ2v) is 3.44. The summed E-state index contributed by atoms with van der Waals surface area (Å²) in [5.41, 5.74) is 0.797. The number of hydrogen-bond acceptors (Lipinski definition) is 4. The van der Waals surface area contributed by atoms with Crippen molar-refractivity contribution in [3.63, 3.8) is 0 Å². The molecule has 0 fully saturated rings. The van der Waals surface area contributed by atoms with Crippen LogP contribution < -0.4 is 0 Å². The van der Waals surface area contributed by atoms with Crippen LogP contribution in [0, 0.1) is 22.7 Å². The molecule has 0 amide bonds. The number of nitrogens with zero attached hydrogens (tertiary/aromatic N) is 3. The van der Waals surface area contributed by atoms with E-state index < -0.39 is 0 Å². The van der Waals surface area contributed by atoms with Gasteiger partial charge in [0, 0.05) is 7.05 Å². The van der Waals surface area contributed by atoms with Crippen LogP contribution >= 0.6 is 11.8 Å². The van der Waals surface area contributed by atoms with Gasteiger partial charge in [-0.1, -0.05) is 6.08 Å². The highest BCUT2D eigenvalue weighted by Gasteiger charge is 2.14. The second-order valence-electron chi connectivity index (χ2n) is 2.61. The van der Waals surface area contributed by atoms with Gasteiger partial charge in [-0.05, 0) is 18.4 Å². The Kier molecular flexibility index (Phi) is 3.39. The van der Waals surface area contributed by atoms with Gasteiger partial charge in [-0.3, -0.25) is 0 Å². The zero-order valence-corrected chi connectivity index (χ0v) is 8.80. The van der Waals surface area contributed by atoms with Gasteiger partial charge >= 0.3 is 0 Å². The highest BCUT2D eigenvalue weighted by Crippen LogP contribution is 2.26. The van der Waals surface area contributed by atoms with Crippen LogP contribution in [-0.2, 0) is 0 Å². The van der Waals surface area contributed by atoms with Crippen molar-refractivity contribution in [1.82, 2.24) is 4.90 Å². The van der Waals surface area contributed by atoms with Crippen LogP contribution in [0.2, 0.25) is 0 Å². The zero-order chi connectivity index (χ0) is 10.6. The smallest absolute Gasteiger partial charge is 0.153 e. The summed E-state index contributed by atoms with van der Waals surface area (Å²) in [6.07, 6.45) is 7.51. The summed E-state index contributed by atoms with van der Waals surface area (Å²) >= 11 is 1.58. The molecule has 0 atom stereocenters. The molecule has 0 aromatic carbocycles. The molecule has 0 bridgehead atoms. The van der Waals surface area contributed by atoms with E-state index >= 15 is 0 Å². The SMILES string of the molecule is CSC1=CC=CC(=C(C#N)C#N)N1C. The molecule has 14 heavy (non-hydrogen) atoms. The number of allylic oxidation sites excluding steroid dienone is 4. The van der Waals surface area contributed by atoms with Gasteiger partial charge in [0.15, 0.2) is 5.57 Å². The molecule has 3 nitrogen and oxygen atoms in total. The zero-order valence-electron chi connectivity index (χ0n) is 7.98. The summed E-state index contributed by atoms with van der Waals surface area (Å²) in [4.78, 5) is 1.84. The Bertz CT molecular complexity index is 388. The maximum Gasteiger partial charge on any atom is 0.153 e. The fourth-order valence-corrected chi connectivity index (χ4v) is 1.75. The molecule has 0 saturated heterocycles. The van der Waals surface area contributed by atoms with Gasteiger partial charge in [-0.2, -0.15) is 10.5 Å². The van der Waals surface area contributed by atoms with E-state index in [-0.39, 0.29) is 5.57 Å². The van der Waals surface area contributed by atoms with E-state index in [9.17, 15) is 0 Å². The monoisotopic (exact) mass is 203 g/mol. The second kappa shape index (κ2) is 4.55. The van der Waals surface area contributed by atoms with Gasteiger partial charge in [-0.25, -0.2) is 0 Å². The van der Waals surface area contributed by atoms with Crippen LogP contribution in [0.5, 0.6) is 0 Å². The fourth-order valence-electron chi connectivity index (χ4n) is 1.16. The molecule has 1 heterocycles. The molecule has 0 saturated carbocycles. The minimum atomic E-state index is 0.142.